The molecule has 2 N–H and O–H groups in total. The molecule has 0 radical (unpaired) electrons. The SMILES string of the molecule is CC1(CCCCO)CCCN1. The Hall–Kier alpha value is -0.0800. The number of nitrogens with one attached hydrogen (secondary N) is 1. The van der Waals surface area contributed by atoms with Gasteiger partial charge in [0.1, 0.15) is 0 Å². The van der Waals surface area contributed by atoms with Crippen molar-refractivity contribution in [3.05, 3.63) is 0 Å². The van der Waals surface area contributed by atoms with Gasteiger partial charge in [-0.05, 0) is 45.6 Å². The summed E-state index contributed by atoms with van der Waals surface area (Å²) < 4.78 is 0. The highest BCUT2D eigenvalue weighted by molar-refractivity contribution is 4.87. The third-order valence-electron chi connectivity index (χ3n) is 2.59. The molecular formula is C9H19NO. The normalized spacial score (nSPS) is 31.1. The van der Waals surface area contributed by atoms with Gasteiger partial charge in [-0.25, -0.2) is 0 Å². The van der Waals surface area contributed by atoms with Gasteiger partial charge in [0.05, 0.1) is 0 Å². The molecule has 1 unspecified atom stereocenters. The molecule has 1 rings (SSSR count). The van der Waals surface area contributed by atoms with E-state index >= 15 is 0 Å². The Kier molecular flexibility index (Phi) is 3.34. The minimum atomic E-state index is 0.343. The third-order valence-corrected chi connectivity index (χ3v) is 2.59. The van der Waals surface area contributed by atoms with E-state index in [1.807, 2.05) is 0 Å². The smallest absolute Gasteiger partial charge is 0.0431 e. The molecule has 0 bridgehead atoms. The van der Waals surface area contributed by atoms with Crippen LogP contribution < -0.4 is 5.32 Å². The van der Waals surface area contributed by atoms with Crippen molar-refractivity contribution in [3.63, 3.8) is 0 Å². The molecule has 0 spiro atoms. The first-order valence-electron chi connectivity index (χ1n) is 4.63. The van der Waals surface area contributed by atoms with Gasteiger partial charge in [0, 0.05) is 12.1 Å². The predicted molar refractivity (Wildman–Crippen MR) is 46.6 cm³/mol. The van der Waals surface area contributed by atoms with Gasteiger partial charge in [0.25, 0.3) is 0 Å². The standard InChI is InChI=1S/C9H19NO/c1-9(5-2-3-8-11)6-4-7-10-9/h10-11H,2-8H2,1H3. The maximum atomic E-state index is 8.60. The minimum absolute atomic E-state index is 0.343. The van der Waals surface area contributed by atoms with Crippen LogP contribution in [0.5, 0.6) is 0 Å². The van der Waals surface area contributed by atoms with Crippen molar-refractivity contribution in [3.8, 4) is 0 Å². The average Bonchev–Trinajstić information content (AvgIpc) is 2.38. The van der Waals surface area contributed by atoms with Gasteiger partial charge in [-0.1, -0.05) is 0 Å². The average molecular weight is 157 g/mol. The zero-order valence-electron chi connectivity index (χ0n) is 7.40. The molecule has 0 aromatic heterocycles. The first kappa shape index (κ1) is 9.01. The van der Waals surface area contributed by atoms with Crippen LogP contribution in [0.25, 0.3) is 0 Å². The number of unbranched alkanes of at least 4 members (excludes halogenated alkanes) is 1. The molecule has 1 aliphatic rings. The van der Waals surface area contributed by atoms with E-state index in [9.17, 15) is 0 Å². The zero-order chi connectivity index (χ0) is 8.16. The van der Waals surface area contributed by atoms with Crippen LogP contribution in [0.1, 0.15) is 39.0 Å². The van der Waals surface area contributed by atoms with Crippen molar-refractivity contribution in [2.24, 2.45) is 0 Å². The minimum Gasteiger partial charge on any atom is -0.396 e. The number of aliphatic hydroxyl groups excluding tert-OH is 1. The second-order valence-corrected chi connectivity index (χ2v) is 3.77. The number of rotatable bonds is 4. The van der Waals surface area contributed by atoms with Crippen LogP contribution in [0.2, 0.25) is 0 Å². The van der Waals surface area contributed by atoms with Crippen molar-refractivity contribution >= 4 is 0 Å². The fourth-order valence-electron chi connectivity index (χ4n) is 1.80. The van der Waals surface area contributed by atoms with Crippen molar-refractivity contribution in [1.29, 1.82) is 0 Å². The monoisotopic (exact) mass is 157 g/mol. The van der Waals surface area contributed by atoms with E-state index in [4.69, 9.17) is 5.11 Å². The summed E-state index contributed by atoms with van der Waals surface area (Å²) in [5.74, 6) is 0. The lowest BCUT2D eigenvalue weighted by Gasteiger charge is -2.23. The fourth-order valence-corrected chi connectivity index (χ4v) is 1.80. The summed E-state index contributed by atoms with van der Waals surface area (Å²) in [5, 5.41) is 12.1. The van der Waals surface area contributed by atoms with Gasteiger partial charge in [0.15, 0.2) is 0 Å². The Labute approximate surface area is 69.0 Å². The molecule has 66 valence electrons. The summed E-state index contributed by atoms with van der Waals surface area (Å²) in [6, 6.07) is 0. The summed E-state index contributed by atoms with van der Waals surface area (Å²) in [7, 11) is 0. The second kappa shape index (κ2) is 4.07. The lowest BCUT2D eigenvalue weighted by Crippen LogP contribution is -2.35. The Morgan fingerprint density at radius 2 is 2.27 bits per heavy atom. The molecule has 2 nitrogen and oxygen atoms in total. The topological polar surface area (TPSA) is 32.3 Å². The van der Waals surface area contributed by atoms with Crippen molar-refractivity contribution in [2.45, 2.75) is 44.6 Å². The van der Waals surface area contributed by atoms with Crippen LogP contribution in [0, 0.1) is 0 Å². The van der Waals surface area contributed by atoms with Gasteiger partial charge >= 0.3 is 0 Å². The van der Waals surface area contributed by atoms with Crippen LogP contribution in [0.15, 0.2) is 0 Å². The van der Waals surface area contributed by atoms with E-state index in [1.54, 1.807) is 0 Å². The van der Waals surface area contributed by atoms with Crippen LogP contribution in [0.4, 0.5) is 0 Å². The van der Waals surface area contributed by atoms with Gasteiger partial charge in [0.2, 0.25) is 0 Å². The van der Waals surface area contributed by atoms with E-state index in [0.29, 0.717) is 12.1 Å². The van der Waals surface area contributed by atoms with Gasteiger partial charge in [-0.3, -0.25) is 0 Å². The van der Waals surface area contributed by atoms with Crippen LogP contribution in [0.3, 0.4) is 0 Å². The lowest BCUT2D eigenvalue weighted by atomic mass is 9.93. The second-order valence-electron chi connectivity index (χ2n) is 3.77. The van der Waals surface area contributed by atoms with Gasteiger partial charge < -0.3 is 10.4 Å². The molecule has 1 fully saturated rings. The fraction of sp³-hybridized carbons (Fsp3) is 1.00. The van der Waals surface area contributed by atoms with Gasteiger partial charge in [-0.2, -0.15) is 0 Å². The molecular weight excluding hydrogens is 138 g/mol. The van der Waals surface area contributed by atoms with Crippen LogP contribution in [-0.2, 0) is 0 Å². The highest BCUT2D eigenvalue weighted by atomic mass is 16.2. The number of hydrogen-bond acceptors (Lipinski definition) is 2. The molecule has 1 atom stereocenters. The van der Waals surface area contributed by atoms with E-state index in [0.717, 1.165) is 12.8 Å². The van der Waals surface area contributed by atoms with E-state index in [1.165, 1.54) is 25.8 Å². The van der Waals surface area contributed by atoms with Crippen molar-refractivity contribution < 1.29 is 5.11 Å². The van der Waals surface area contributed by atoms with E-state index in [2.05, 4.69) is 12.2 Å². The summed E-state index contributed by atoms with van der Waals surface area (Å²) >= 11 is 0. The zero-order valence-corrected chi connectivity index (χ0v) is 7.40. The molecule has 0 saturated carbocycles. The maximum absolute atomic E-state index is 8.60. The van der Waals surface area contributed by atoms with Crippen molar-refractivity contribution in [2.75, 3.05) is 13.2 Å². The summed E-state index contributed by atoms with van der Waals surface area (Å²) in [6.07, 6.45) is 5.94. The van der Waals surface area contributed by atoms with Crippen LogP contribution in [-0.4, -0.2) is 23.8 Å². The Balaban J connectivity index is 2.13. The van der Waals surface area contributed by atoms with E-state index < -0.39 is 0 Å². The first-order valence-corrected chi connectivity index (χ1v) is 4.63. The molecule has 1 saturated heterocycles. The number of hydrogen-bond donors (Lipinski definition) is 2. The molecule has 1 heterocycles. The van der Waals surface area contributed by atoms with E-state index in [-0.39, 0.29) is 0 Å². The summed E-state index contributed by atoms with van der Waals surface area (Å²) in [6.45, 7) is 3.81. The molecule has 0 aromatic carbocycles. The highest BCUT2D eigenvalue weighted by Crippen LogP contribution is 2.23. The van der Waals surface area contributed by atoms with Crippen LogP contribution >= 0.6 is 0 Å². The largest absolute Gasteiger partial charge is 0.396 e. The van der Waals surface area contributed by atoms with Gasteiger partial charge in [-0.15, -0.1) is 0 Å². The molecule has 0 amide bonds. The Morgan fingerprint density at radius 1 is 1.45 bits per heavy atom. The number of aliphatic hydroxyl groups is 1. The third kappa shape index (κ3) is 2.80. The molecule has 0 aliphatic carbocycles. The molecule has 1 aliphatic heterocycles. The highest BCUT2D eigenvalue weighted by Gasteiger charge is 2.26. The molecule has 0 aromatic rings. The summed E-state index contributed by atoms with van der Waals surface area (Å²) in [5.41, 5.74) is 0.384. The van der Waals surface area contributed by atoms with Crippen molar-refractivity contribution in [1.82, 2.24) is 5.32 Å². The quantitative estimate of drug-likeness (QED) is 0.603. The Bertz CT molecular complexity index is 108. The summed E-state index contributed by atoms with van der Waals surface area (Å²) in [4.78, 5) is 0. The predicted octanol–water partition coefficient (Wildman–Crippen LogP) is 1.29. The molecule has 11 heavy (non-hydrogen) atoms. The maximum Gasteiger partial charge on any atom is 0.0431 e. The Morgan fingerprint density at radius 3 is 2.82 bits per heavy atom. The first-order chi connectivity index (χ1) is 5.27. The molecule has 2 heteroatoms. The lowest BCUT2D eigenvalue weighted by molar-refractivity contribution is 0.270.